The second-order valence-corrected chi connectivity index (χ2v) is 14.9. The largest absolute Gasteiger partial charge is 0.457 e. The summed E-state index contributed by atoms with van der Waals surface area (Å²) in [5.74, 6) is 2.38. The van der Waals surface area contributed by atoms with Crippen molar-refractivity contribution in [3.8, 4) is 34.1 Å². The number of pyridine rings is 1. The molecule has 0 fully saturated rings. The third kappa shape index (κ3) is 5.55. The van der Waals surface area contributed by atoms with Gasteiger partial charge in [0.2, 0.25) is 0 Å². The molecular formula is C44H40N4O. The van der Waals surface area contributed by atoms with E-state index in [1.165, 1.54) is 22.1 Å². The summed E-state index contributed by atoms with van der Waals surface area (Å²) in [7, 11) is 0. The quantitative estimate of drug-likeness (QED) is 0.188. The maximum absolute atomic E-state index is 6.54. The lowest BCUT2D eigenvalue weighted by atomic mass is 9.77. The lowest BCUT2D eigenvalue weighted by Gasteiger charge is -2.27. The van der Waals surface area contributed by atoms with Crippen molar-refractivity contribution < 1.29 is 4.74 Å². The Labute approximate surface area is 287 Å². The Morgan fingerprint density at radius 3 is 2.14 bits per heavy atom. The molecule has 5 nitrogen and oxygen atoms in total. The topological polar surface area (TPSA) is 44.9 Å². The van der Waals surface area contributed by atoms with Crippen LogP contribution in [0.25, 0.3) is 55.5 Å². The zero-order chi connectivity index (χ0) is 33.9. The van der Waals surface area contributed by atoms with Crippen molar-refractivity contribution in [1.82, 2.24) is 19.1 Å². The molecule has 0 aliphatic carbocycles. The van der Waals surface area contributed by atoms with Gasteiger partial charge in [0, 0.05) is 29.1 Å². The van der Waals surface area contributed by atoms with Crippen LogP contribution in [-0.2, 0) is 10.8 Å². The van der Waals surface area contributed by atoms with Crippen LogP contribution in [0.1, 0.15) is 52.7 Å². The molecule has 0 spiro atoms. The molecule has 0 unspecified atom stereocenters. The fourth-order valence-corrected chi connectivity index (χ4v) is 6.85. The van der Waals surface area contributed by atoms with E-state index in [2.05, 4.69) is 147 Å². The first-order valence-electron chi connectivity index (χ1n) is 16.9. The van der Waals surface area contributed by atoms with Crippen LogP contribution in [0.3, 0.4) is 0 Å². The van der Waals surface area contributed by atoms with Crippen molar-refractivity contribution >= 4 is 32.8 Å². The lowest BCUT2D eigenvalue weighted by Crippen LogP contribution is -2.17. The molecule has 49 heavy (non-hydrogen) atoms. The molecule has 3 heterocycles. The van der Waals surface area contributed by atoms with Gasteiger partial charge in [-0.25, -0.2) is 9.97 Å². The zero-order valence-corrected chi connectivity index (χ0v) is 28.9. The Morgan fingerprint density at radius 2 is 1.33 bits per heavy atom. The fraction of sp³-hybridized carbons (Fsp3) is 0.182. The molecule has 0 saturated carbocycles. The third-order valence-corrected chi connectivity index (χ3v) is 9.41. The van der Waals surface area contributed by atoms with Crippen LogP contribution in [0.2, 0.25) is 0 Å². The Kier molecular flexibility index (Phi) is 7.18. The Bertz CT molecular complexity index is 2500. The number of hydrogen-bond donors (Lipinski definition) is 0. The number of nitrogens with zero attached hydrogens (tertiary/aromatic N) is 4. The van der Waals surface area contributed by atoms with E-state index in [0.717, 1.165) is 56.0 Å². The first kappa shape index (κ1) is 30.6. The van der Waals surface area contributed by atoms with Gasteiger partial charge in [-0.2, -0.15) is 0 Å². The highest BCUT2D eigenvalue weighted by Crippen LogP contribution is 2.39. The van der Waals surface area contributed by atoms with Crippen molar-refractivity contribution in [1.29, 1.82) is 0 Å². The van der Waals surface area contributed by atoms with E-state index >= 15 is 0 Å². The number of ether oxygens (including phenoxy) is 1. The minimum absolute atomic E-state index is 0.0264. The SMILES string of the molecule is CC(C)(C)c1ccc(-c2ccnc(-n3c4ccccc4c4ccc(Oc5cccc(-n6cnc7ccccc76)c5)cc43)c2)c(C(C)(C)C)c1. The summed E-state index contributed by atoms with van der Waals surface area (Å²) >= 11 is 0. The van der Waals surface area contributed by atoms with Crippen LogP contribution in [-0.4, -0.2) is 19.1 Å². The van der Waals surface area contributed by atoms with E-state index in [1.807, 2.05) is 42.9 Å². The minimum atomic E-state index is -0.0264. The van der Waals surface area contributed by atoms with Gasteiger partial charge < -0.3 is 4.74 Å². The number of benzene rings is 5. The summed E-state index contributed by atoms with van der Waals surface area (Å²) in [6, 6.07) is 42.5. The first-order valence-corrected chi connectivity index (χ1v) is 16.9. The summed E-state index contributed by atoms with van der Waals surface area (Å²) in [6.07, 6.45) is 3.79. The first-order chi connectivity index (χ1) is 23.5. The van der Waals surface area contributed by atoms with Crippen molar-refractivity contribution in [2.24, 2.45) is 0 Å². The van der Waals surface area contributed by atoms with E-state index in [0.29, 0.717) is 0 Å². The van der Waals surface area contributed by atoms with Crippen molar-refractivity contribution in [3.63, 3.8) is 0 Å². The van der Waals surface area contributed by atoms with Crippen molar-refractivity contribution in [2.75, 3.05) is 0 Å². The molecular weight excluding hydrogens is 601 g/mol. The predicted octanol–water partition coefficient (Wildman–Crippen LogP) is 11.6. The highest BCUT2D eigenvalue weighted by Gasteiger charge is 2.23. The average Bonchev–Trinajstić information content (AvgIpc) is 3.67. The molecule has 0 atom stereocenters. The smallest absolute Gasteiger partial charge is 0.138 e. The van der Waals surface area contributed by atoms with Gasteiger partial charge in [-0.1, -0.05) is 96.1 Å². The van der Waals surface area contributed by atoms with Crippen LogP contribution in [0.4, 0.5) is 0 Å². The zero-order valence-electron chi connectivity index (χ0n) is 28.9. The van der Waals surface area contributed by atoms with E-state index in [4.69, 9.17) is 9.72 Å². The normalized spacial score (nSPS) is 12.3. The number of aromatic nitrogens is 4. The molecule has 0 aliphatic heterocycles. The number of hydrogen-bond acceptors (Lipinski definition) is 3. The molecule has 8 aromatic rings. The standard InChI is InChI=1S/C44H40N4O/c1-43(2,3)30-18-20-34(37(25-30)44(4,5)6)29-22-23-45-42(24-29)48-39-16-9-7-14-35(39)36-21-19-33(27-41(36)48)49-32-13-11-12-31(26-32)47-28-46-38-15-8-10-17-40(38)47/h7-28H,1-6H3. The van der Waals surface area contributed by atoms with Crippen molar-refractivity contribution in [2.45, 2.75) is 52.4 Å². The van der Waals surface area contributed by atoms with Gasteiger partial charge >= 0.3 is 0 Å². The van der Waals surface area contributed by atoms with E-state index < -0.39 is 0 Å². The van der Waals surface area contributed by atoms with E-state index in [9.17, 15) is 0 Å². The Hall–Kier alpha value is -5.68. The summed E-state index contributed by atoms with van der Waals surface area (Å²) in [5.41, 5.74) is 10.3. The number of imidazole rings is 1. The maximum atomic E-state index is 6.54. The van der Waals surface area contributed by atoms with Crippen LogP contribution in [0, 0.1) is 0 Å². The Balaban J connectivity index is 1.22. The second-order valence-electron chi connectivity index (χ2n) is 14.9. The van der Waals surface area contributed by atoms with Crippen LogP contribution < -0.4 is 4.74 Å². The monoisotopic (exact) mass is 640 g/mol. The van der Waals surface area contributed by atoms with Gasteiger partial charge in [0.1, 0.15) is 23.6 Å². The maximum Gasteiger partial charge on any atom is 0.138 e. The fourth-order valence-electron chi connectivity index (χ4n) is 6.85. The number of rotatable bonds is 5. The van der Waals surface area contributed by atoms with Crippen LogP contribution in [0.5, 0.6) is 11.5 Å². The molecule has 0 aliphatic rings. The molecule has 0 bridgehead atoms. The predicted molar refractivity (Wildman–Crippen MR) is 203 cm³/mol. The van der Waals surface area contributed by atoms with Gasteiger partial charge in [-0.15, -0.1) is 0 Å². The van der Waals surface area contributed by atoms with Gasteiger partial charge in [0.25, 0.3) is 0 Å². The minimum Gasteiger partial charge on any atom is -0.457 e. The molecule has 0 amide bonds. The van der Waals surface area contributed by atoms with Gasteiger partial charge in [0.15, 0.2) is 0 Å². The average molecular weight is 641 g/mol. The summed E-state index contributed by atoms with van der Waals surface area (Å²) < 4.78 is 10.9. The van der Waals surface area contributed by atoms with Gasteiger partial charge in [-0.3, -0.25) is 9.13 Å². The molecule has 3 aromatic heterocycles. The molecule has 0 N–H and O–H groups in total. The third-order valence-electron chi connectivity index (χ3n) is 9.41. The van der Waals surface area contributed by atoms with Gasteiger partial charge in [-0.05, 0) is 87.7 Å². The van der Waals surface area contributed by atoms with Gasteiger partial charge in [0.05, 0.1) is 27.8 Å². The van der Waals surface area contributed by atoms with Crippen LogP contribution in [0.15, 0.2) is 134 Å². The molecule has 8 rings (SSSR count). The van der Waals surface area contributed by atoms with Crippen LogP contribution >= 0.6 is 0 Å². The molecule has 5 aromatic carbocycles. The lowest BCUT2D eigenvalue weighted by molar-refractivity contribution is 0.483. The molecule has 242 valence electrons. The van der Waals surface area contributed by atoms with E-state index in [-0.39, 0.29) is 10.8 Å². The highest BCUT2D eigenvalue weighted by atomic mass is 16.5. The van der Waals surface area contributed by atoms with E-state index in [1.54, 1.807) is 0 Å². The number of para-hydroxylation sites is 3. The molecule has 5 heteroatoms. The summed E-state index contributed by atoms with van der Waals surface area (Å²) in [6.45, 7) is 13.7. The number of fused-ring (bicyclic) bond motifs is 4. The molecule has 0 radical (unpaired) electrons. The Morgan fingerprint density at radius 1 is 0.571 bits per heavy atom. The van der Waals surface area contributed by atoms with Crippen molar-refractivity contribution in [3.05, 3.63) is 145 Å². The highest BCUT2D eigenvalue weighted by molar-refractivity contribution is 6.09. The summed E-state index contributed by atoms with van der Waals surface area (Å²) in [4.78, 5) is 9.52. The second kappa shape index (κ2) is 11.5. The molecule has 0 saturated heterocycles. The summed E-state index contributed by atoms with van der Waals surface area (Å²) in [5, 5.41) is 2.33.